The van der Waals surface area contributed by atoms with Gasteiger partial charge in [-0.05, 0) is 51.5 Å². The monoisotopic (exact) mass is 297 g/mol. The number of imidazole rings is 1. The van der Waals surface area contributed by atoms with Gasteiger partial charge in [0.25, 0.3) is 0 Å². The van der Waals surface area contributed by atoms with Gasteiger partial charge in [0.05, 0.1) is 11.7 Å². The molecule has 22 heavy (non-hydrogen) atoms. The Kier molecular flexibility index (Phi) is 3.36. The summed E-state index contributed by atoms with van der Waals surface area (Å²) in [6.45, 7) is 3.04. The fourth-order valence-electron chi connectivity index (χ4n) is 3.85. The minimum Gasteiger partial charge on any atom is -0.333 e. The molecule has 1 atom stereocenters. The van der Waals surface area contributed by atoms with Gasteiger partial charge in [0, 0.05) is 31.2 Å². The smallest absolute Gasteiger partial charge is 0.226 e. The summed E-state index contributed by atoms with van der Waals surface area (Å²) in [5.74, 6) is 2.05. The van der Waals surface area contributed by atoms with Gasteiger partial charge < -0.3 is 9.47 Å². The molecule has 1 aliphatic heterocycles. The van der Waals surface area contributed by atoms with E-state index in [-0.39, 0.29) is 0 Å². The number of fused-ring (bicyclic) bond motifs is 1. The van der Waals surface area contributed by atoms with E-state index in [0.717, 1.165) is 31.0 Å². The Hall–Kier alpha value is -1.91. The maximum Gasteiger partial charge on any atom is 0.226 e. The second kappa shape index (κ2) is 5.38. The van der Waals surface area contributed by atoms with Crippen LogP contribution in [0.5, 0.6) is 0 Å². The van der Waals surface area contributed by atoms with Gasteiger partial charge in [-0.3, -0.25) is 0 Å². The largest absolute Gasteiger partial charge is 0.333 e. The molecule has 1 saturated heterocycles. The first-order valence-electron chi connectivity index (χ1n) is 8.34. The summed E-state index contributed by atoms with van der Waals surface area (Å²) >= 11 is 0. The van der Waals surface area contributed by atoms with Crippen LogP contribution >= 0.6 is 0 Å². The normalized spacial score (nSPS) is 21.2. The van der Waals surface area contributed by atoms with E-state index in [9.17, 15) is 0 Å². The SMILES string of the molecule is Cc1ccnc(N2CCC[C@@H]2c2nc3c(n2C)CCCC3)n1. The Morgan fingerprint density at radius 3 is 2.82 bits per heavy atom. The van der Waals surface area contributed by atoms with E-state index < -0.39 is 0 Å². The van der Waals surface area contributed by atoms with Gasteiger partial charge in [0.15, 0.2) is 0 Å². The summed E-state index contributed by atoms with van der Waals surface area (Å²) in [6.07, 6.45) is 9.06. The first-order chi connectivity index (χ1) is 10.7. The van der Waals surface area contributed by atoms with Crippen molar-refractivity contribution < 1.29 is 0 Å². The maximum atomic E-state index is 5.00. The molecule has 0 bridgehead atoms. The molecule has 5 heteroatoms. The topological polar surface area (TPSA) is 46.8 Å². The van der Waals surface area contributed by atoms with Crippen molar-refractivity contribution in [3.05, 3.63) is 35.2 Å². The minimum atomic E-state index is 0.317. The van der Waals surface area contributed by atoms with Gasteiger partial charge in [-0.2, -0.15) is 0 Å². The second-order valence-corrected chi connectivity index (χ2v) is 6.48. The lowest BCUT2D eigenvalue weighted by Gasteiger charge is -2.24. The van der Waals surface area contributed by atoms with E-state index in [1.165, 1.54) is 42.9 Å². The molecular formula is C17H23N5. The number of nitrogens with zero attached hydrogens (tertiary/aromatic N) is 5. The van der Waals surface area contributed by atoms with E-state index in [4.69, 9.17) is 4.98 Å². The lowest BCUT2D eigenvalue weighted by atomic mass is 10.0. The van der Waals surface area contributed by atoms with Crippen LogP contribution in [0.3, 0.4) is 0 Å². The molecule has 0 radical (unpaired) electrons. The average molecular weight is 297 g/mol. The number of aromatic nitrogens is 4. The van der Waals surface area contributed by atoms with Crippen LogP contribution < -0.4 is 4.90 Å². The minimum absolute atomic E-state index is 0.317. The summed E-state index contributed by atoms with van der Waals surface area (Å²) in [4.78, 5) is 16.4. The van der Waals surface area contributed by atoms with Gasteiger partial charge in [-0.1, -0.05) is 0 Å². The number of aryl methyl sites for hydroxylation is 2. The van der Waals surface area contributed by atoms with Gasteiger partial charge in [0.2, 0.25) is 5.95 Å². The molecule has 1 aliphatic carbocycles. The third kappa shape index (κ3) is 2.19. The third-order valence-electron chi connectivity index (χ3n) is 5.00. The van der Waals surface area contributed by atoms with E-state index >= 15 is 0 Å². The molecule has 0 aromatic carbocycles. The Bertz CT molecular complexity index is 690. The zero-order valence-corrected chi connectivity index (χ0v) is 13.4. The molecule has 0 saturated carbocycles. The van der Waals surface area contributed by atoms with Crippen LogP contribution in [0.25, 0.3) is 0 Å². The molecule has 4 rings (SSSR count). The van der Waals surface area contributed by atoms with Gasteiger partial charge in [-0.25, -0.2) is 15.0 Å². The lowest BCUT2D eigenvalue weighted by Crippen LogP contribution is -2.27. The summed E-state index contributed by atoms with van der Waals surface area (Å²) in [7, 11) is 2.18. The quantitative estimate of drug-likeness (QED) is 0.855. The molecule has 2 aliphatic rings. The fourth-order valence-corrected chi connectivity index (χ4v) is 3.85. The highest BCUT2D eigenvalue weighted by Gasteiger charge is 2.33. The first-order valence-corrected chi connectivity index (χ1v) is 8.34. The zero-order chi connectivity index (χ0) is 15.1. The van der Waals surface area contributed by atoms with Crippen molar-refractivity contribution in [3.63, 3.8) is 0 Å². The lowest BCUT2D eigenvalue weighted by molar-refractivity contribution is 0.603. The van der Waals surface area contributed by atoms with Crippen LogP contribution in [-0.4, -0.2) is 26.1 Å². The summed E-state index contributed by atoms with van der Waals surface area (Å²) in [6, 6.07) is 2.27. The zero-order valence-electron chi connectivity index (χ0n) is 13.4. The predicted octanol–water partition coefficient (Wildman–Crippen LogP) is 2.74. The van der Waals surface area contributed by atoms with Crippen molar-refractivity contribution >= 4 is 5.95 Å². The molecule has 116 valence electrons. The molecule has 2 aromatic rings. The summed E-state index contributed by atoms with van der Waals surface area (Å²) in [5, 5.41) is 0. The summed E-state index contributed by atoms with van der Waals surface area (Å²) < 4.78 is 2.34. The molecule has 0 amide bonds. The van der Waals surface area contributed by atoms with Crippen molar-refractivity contribution in [3.8, 4) is 0 Å². The highest BCUT2D eigenvalue weighted by Crippen LogP contribution is 2.35. The average Bonchev–Trinajstić information content (AvgIpc) is 3.12. The second-order valence-electron chi connectivity index (χ2n) is 6.48. The van der Waals surface area contributed by atoms with Crippen molar-refractivity contribution in [1.82, 2.24) is 19.5 Å². The Labute approximate surface area is 131 Å². The molecule has 3 heterocycles. The number of hydrogen-bond acceptors (Lipinski definition) is 4. The number of rotatable bonds is 2. The maximum absolute atomic E-state index is 5.00. The summed E-state index contributed by atoms with van der Waals surface area (Å²) in [5.41, 5.74) is 3.79. The van der Waals surface area contributed by atoms with Gasteiger partial charge in [0.1, 0.15) is 5.82 Å². The van der Waals surface area contributed by atoms with E-state index in [1.54, 1.807) is 0 Å². The van der Waals surface area contributed by atoms with Crippen LogP contribution in [0, 0.1) is 6.92 Å². The molecule has 1 fully saturated rings. The Balaban J connectivity index is 1.71. The molecule has 0 N–H and O–H groups in total. The predicted molar refractivity (Wildman–Crippen MR) is 85.9 cm³/mol. The van der Waals surface area contributed by atoms with Gasteiger partial charge in [-0.15, -0.1) is 0 Å². The highest BCUT2D eigenvalue weighted by molar-refractivity contribution is 5.37. The molecule has 2 aromatic heterocycles. The standard InChI is InChI=1S/C17H23N5/c1-12-9-10-18-17(19-12)22-11-5-8-15(22)16-20-13-6-3-4-7-14(13)21(16)2/h9-10,15H,3-8,11H2,1-2H3/t15-/m1/s1. The molecule has 0 unspecified atom stereocenters. The van der Waals surface area contributed by atoms with Crippen LogP contribution in [0.1, 0.15) is 54.6 Å². The number of hydrogen-bond donors (Lipinski definition) is 0. The van der Waals surface area contributed by atoms with Crippen molar-refractivity contribution in [2.75, 3.05) is 11.4 Å². The van der Waals surface area contributed by atoms with E-state index in [2.05, 4.69) is 26.5 Å². The van der Waals surface area contributed by atoms with Gasteiger partial charge >= 0.3 is 0 Å². The van der Waals surface area contributed by atoms with Crippen LogP contribution in [0.2, 0.25) is 0 Å². The van der Waals surface area contributed by atoms with Crippen molar-refractivity contribution in [2.24, 2.45) is 7.05 Å². The highest BCUT2D eigenvalue weighted by atomic mass is 15.3. The molecule has 5 nitrogen and oxygen atoms in total. The Morgan fingerprint density at radius 2 is 2.00 bits per heavy atom. The van der Waals surface area contributed by atoms with Crippen LogP contribution in [-0.2, 0) is 19.9 Å². The van der Waals surface area contributed by atoms with E-state index in [1.807, 2.05) is 19.2 Å². The third-order valence-corrected chi connectivity index (χ3v) is 5.00. The fraction of sp³-hybridized carbons (Fsp3) is 0.588. The molecular weight excluding hydrogens is 274 g/mol. The van der Waals surface area contributed by atoms with E-state index in [0.29, 0.717) is 6.04 Å². The van der Waals surface area contributed by atoms with Crippen molar-refractivity contribution in [1.29, 1.82) is 0 Å². The number of anilines is 1. The van der Waals surface area contributed by atoms with Crippen LogP contribution in [0.15, 0.2) is 12.3 Å². The van der Waals surface area contributed by atoms with Crippen LogP contribution in [0.4, 0.5) is 5.95 Å². The molecule has 0 spiro atoms. The first kappa shape index (κ1) is 13.7. The Morgan fingerprint density at radius 1 is 1.14 bits per heavy atom. The van der Waals surface area contributed by atoms with Crippen molar-refractivity contribution in [2.45, 2.75) is 51.5 Å².